The summed E-state index contributed by atoms with van der Waals surface area (Å²) in [5, 5.41) is 0. The number of rotatable bonds is 5. The van der Waals surface area contributed by atoms with E-state index in [-0.39, 0.29) is 17.9 Å². The minimum absolute atomic E-state index is 0.0702. The third kappa shape index (κ3) is 3.55. The number of carbonyl (C=O) groups excluding carboxylic acids is 1. The normalized spacial score (nSPS) is 24.8. The highest BCUT2D eigenvalue weighted by Crippen LogP contribution is 2.24. The van der Waals surface area contributed by atoms with E-state index >= 15 is 0 Å². The van der Waals surface area contributed by atoms with Crippen molar-refractivity contribution in [3.8, 4) is 5.75 Å². The topological polar surface area (TPSA) is 51.2 Å². The van der Waals surface area contributed by atoms with Gasteiger partial charge in [-0.05, 0) is 17.7 Å². The number of ether oxygens (including phenoxy) is 3. The van der Waals surface area contributed by atoms with Crippen LogP contribution >= 0.6 is 0 Å². The lowest BCUT2D eigenvalue weighted by Gasteiger charge is -2.29. The molecule has 0 spiro atoms. The zero-order valence-electron chi connectivity index (χ0n) is 14.7. The van der Waals surface area contributed by atoms with Crippen molar-refractivity contribution < 1.29 is 19.0 Å². The fraction of sp³-hybridized carbons (Fsp3) is 0.611. The van der Waals surface area contributed by atoms with Gasteiger partial charge < -0.3 is 19.1 Å². The van der Waals surface area contributed by atoms with E-state index < -0.39 is 0 Å². The molecule has 2 aliphatic rings. The van der Waals surface area contributed by atoms with Crippen molar-refractivity contribution in [3.63, 3.8) is 0 Å². The number of carbonyl (C=O) groups is 1. The van der Waals surface area contributed by atoms with Gasteiger partial charge in [0.05, 0.1) is 38.9 Å². The summed E-state index contributed by atoms with van der Waals surface area (Å²) in [5.74, 6) is 0.977. The highest BCUT2D eigenvalue weighted by atomic mass is 16.5. The molecule has 2 atom stereocenters. The van der Waals surface area contributed by atoms with Crippen LogP contribution in [-0.4, -0.2) is 69.3 Å². The highest BCUT2D eigenvalue weighted by Gasteiger charge is 2.37. The number of fused-ring (bicyclic) bond motifs is 3. The van der Waals surface area contributed by atoms with Crippen LogP contribution in [-0.2, 0) is 27.4 Å². The summed E-state index contributed by atoms with van der Waals surface area (Å²) in [7, 11) is 5.25. The molecule has 0 aromatic heterocycles. The van der Waals surface area contributed by atoms with Gasteiger partial charge >= 0.3 is 0 Å². The Morgan fingerprint density at radius 1 is 1.25 bits per heavy atom. The van der Waals surface area contributed by atoms with E-state index in [1.54, 1.807) is 14.2 Å². The van der Waals surface area contributed by atoms with Crippen LogP contribution in [0.25, 0.3) is 0 Å². The first kappa shape index (κ1) is 17.2. The maximum atomic E-state index is 12.4. The third-order valence-corrected chi connectivity index (χ3v) is 4.87. The predicted molar refractivity (Wildman–Crippen MR) is 89.9 cm³/mol. The Morgan fingerprint density at radius 2 is 2.08 bits per heavy atom. The Kier molecular flexibility index (Phi) is 5.38. The summed E-state index contributed by atoms with van der Waals surface area (Å²) in [6.45, 7) is 4.06. The van der Waals surface area contributed by atoms with Crippen molar-refractivity contribution in [2.75, 3.05) is 47.6 Å². The Bertz CT molecular complexity index is 592. The Morgan fingerprint density at radius 3 is 2.83 bits per heavy atom. The average molecular weight is 334 g/mol. The molecule has 2 fully saturated rings. The highest BCUT2D eigenvalue weighted by molar-refractivity contribution is 5.79. The van der Waals surface area contributed by atoms with E-state index in [1.165, 1.54) is 5.56 Å². The molecule has 6 nitrogen and oxygen atoms in total. The molecule has 24 heavy (non-hydrogen) atoms. The summed E-state index contributed by atoms with van der Waals surface area (Å²) >= 11 is 0. The van der Waals surface area contributed by atoms with Gasteiger partial charge in [0.2, 0.25) is 5.91 Å². The summed E-state index contributed by atoms with van der Waals surface area (Å²) in [6, 6.07) is 6.33. The van der Waals surface area contributed by atoms with Crippen LogP contribution in [0.2, 0.25) is 0 Å². The van der Waals surface area contributed by atoms with Crippen LogP contribution in [0.3, 0.4) is 0 Å². The number of amides is 1. The maximum Gasteiger partial charge on any atom is 0.229 e. The molecule has 2 aliphatic heterocycles. The van der Waals surface area contributed by atoms with Crippen molar-refractivity contribution in [3.05, 3.63) is 29.3 Å². The van der Waals surface area contributed by atoms with E-state index in [9.17, 15) is 4.79 Å². The van der Waals surface area contributed by atoms with Crippen molar-refractivity contribution in [1.29, 1.82) is 0 Å². The molecular weight excluding hydrogens is 308 g/mol. The van der Waals surface area contributed by atoms with E-state index in [2.05, 4.69) is 17.0 Å². The summed E-state index contributed by atoms with van der Waals surface area (Å²) in [5.41, 5.74) is 2.25. The molecule has 0 saturated carbocycles. The summed E-state index contributed by atoms with van der Waals surface area (Å²) < 4.78 is 16.3. The molecule has 132 valence electrons. The lowest BCUT2D eigenvalue weighted by molar-refractivity contribution is -0.133. The second-order valence-corrected chi connectivity index (χ2v) is 6.61. The number of methoxy groups -OCH3 is 2. The molecule has 0 N–H and O–H groups in total. The molecule has 0 unspecified atom stereocenters. The second-order valence-electron chi connectivity index (χ2n) is 6.61. The number of benzene rings is 1. The third-order valence-electron chi connectivity index (χ3n) is 4.87. The summed E-state index contributed by atoms with van der Waals surface area (Å²) in [6.07, 6.45) is 0. The first-order valence-corrected chi connectivity index (χ1v) is 8.34. The van der Waals surface area contributed by atoms with Crippen LogP contribution in [0.15, 0.2) is 18.2 Å². The first-order valence-electron chi connectivity index (χ1n) is 8.34. The fourth-order valence-electron chi connectivity index (χ4n) is 3.57. The van der Waals surface area contributed by atoms with Crippen molar-refractivity contribution in [2.45, 2.75) is 19.2 Å². The molecule has 6 heteroatoms. The fourth-order valence-corrected chi connectivity index (χ4v) is 3.57. The van der Waals surface area contributed by atoms with Crippen molar-refractivity contribution >= 4 is 5.91 Å². The molecule has 1 aromatic rings. The van der Waals surface area contributed by atoms with Gasteiger partial charge in [-0.25, -0.2) is 0 Å². The van der Waals surface area contributed by atoms with Gasteiger partial charge in [-0.15, -0.1) is 0 Å². The van der Waals surface area contributed by atoms with Gasteiger partial charge in [-0.2, -0.15) is 0 Å². The van der Waals surface area contributed by atoms with Gasteiger partial charge in [0.1, 0.15) is 5.75 Å². The van der Waals surface area contributed by atoms with E-state index in [4.69, 9.17) is 14.2 Å². The van der Waals surface area contributed by atoms with Crippen molar-refractivity contribution in [1.82, 2.24) is 9.80 Å². The molecule has 1 aromatic carbocycles. The lowest BCUT2D eigenvalue weighted by atomic mass is 10.1. The molecule has 3 rings (SSSR count). The molecule has 2 heterocycles. The second kappa shape index (κ2) is 7.51. The lowest BCUT2D eigenvalue weighted by Crippen LogP contribution is -2.42. The molecule has 1 amide bonds. The predicted octanol–water partition coefficient (Wildman–Crippen LogP) is 1.13. The molecule has 2 saturated heterocycles. The Hall–Kier alpha value is -1.63. The standard InChI is InChI=1S/C18H26N2O4/c1-19-16-9-20(8-15(18(19)21)11-24-12-16)7-13-4-5-17(23-3)14(6-13)10-22-2/h4-6,15-16H,7-12H2,1-3H3/t15-,16+/m1/s1. The first-order chi connectivity index (χ1) is 11.6. The number of nitrogens with zero attached hydrogens (tertiary/aromatic N) is 2. The molecular formula is C18H26N2O4. The summed E-state index contributed by atoms with van der Waals surface area (Å²) in [4.78, 5) is 16.7. The molecule has 0 radical (unpaired) electrons. The van der Waals surface area contributed by atoms with Gasteiger partial charge in [0.25, 0.3) is 0 Å². The number of hydrogen-bond acceptors (Lipinski definition) is 5. The van der Waals surface area contributed by atoms with Crippen LogP contribution in [0, 0.1) is 5.92 Å². The number of hydrogen-bond donors (Lipinski definition) is 0. The van der Waals surface area contributed by atoms with E-state index in [0.29, 0.717) is 19.8 Å². The monoisotopic (exact) mass is 334 g/mol. The van der Waals surface area contributed by atoms with Crippen LogP contribution in [0.1, 0.15) is 11.1 Å². The average Bonchev–Trinajstić information content (AvgIpc) is 2.74. The van der Waals surface area contributed by atoms with Gasteiger partial charge in [0, 0.05) is 39.4 Å². The van der Waals surface area contributed by atoms with Crippen LogP contribution in [0.4, 0.5) is 0 Å². The van der Waals surface area contributed by atoms with Crippen LogP contribution in [0.5, 0.6) is 5.75 Å². The smallest absolute Gasteiger partial charge is 0.229 e. The number of likely N-dealkylation sites (N-methyl/N-ethyl adjacent to an activating group) is 1. The Labute approximate surface area is 143 Å². The Balaban J connectivity index is 1.76. The molecule has 0 aliphatic carbocycles. The zero-order chi connectivity index (χ0) is 17.1. The quantitative estimate of drug-likeness (QED) is 0.808. The van der Waals surface area contributed by atoms with Gasteiger partial charge in [0.15, 0.2) is 0 Å². The van der Waals surface area contributed by atoms with Crippen LogP contribution < -0.4 is 4.74 Å². The largest absolute Gasteiger partial charge is 0.496 e. The van der Waals surface area contributed by atoms with E-state index in [1.807, 2.05) is 18.0 Å². The molecule has 2 bridgehead atoms. The van der Waals surface area contributed by atoms with Gasteiger partial charge in [-0.1, -0.05) is 6.07 Å². The zero-order valence-corrected chi connectivity index (χ0v) is 14.7. The maximum absolute atomic E-state index is 12.4. The SMILES string of the molecule is COCc1cc(CN2C[C@@H]3COC[C@H](C2)N(C)C3=O)ccc1OC. The van der Waals surface area contributed by atoms with Gasteiger partial charge in [-0.3, -0.25) is 9.69 Å². The minimum atomic E-state index is -0.0702. The minimum Gasteiger partial charge on any atom is -0.496 e. The van der Waals surface area contributed by atoms with Crippen molar-refractivity contribution in [2.24, 2.45) is 5.92 Å². The van der Waals surface area contributed by atoms with E-state index in [0.717, 1.165) is 30.9 Å².